The van der Waals surface area contributed by atoms with Crippen LogP contribution < -0.4 is 0 Å². The molecule has 4 nitrogen and oxygen atoms in total. The molecule has 110 valence electrons. The molecule has 1 fully saturated rings. The number of ether oxygens (including phenoxy) is 1. The highest BCUT2D eigenvalue weighted by Gasteiger charge is 2.26. The number of benzene rings is 1. The third-order valence-corrected chi connectivity index (χ3v) is 5.18. The minimum atomic E-state index is -0.928. The molecular weight excluding hydrogens is 274 g/mol. The van der Waals surface area contributed by atoms with E-state index in [1.54, 1.807) is 4.90 Å². The molecule has 1 saturated heterocycles. The van der Waals surface area contributed by atoms with E-state index >= 15 is 0 Å². The average molecular weight is 295 g/mol. The fourth-order valence-corrected chi connectivity index (χ4v) is 3.72. The highest BCUT2D eigenvalue weighted by Crippen LogP contribution is 2.32. The maximum Gasteiger partial charge on any atom is 0.409 e. The molecule has 0 bridgehead atoms. The summed E-state index contributed by atoms with van der Waals surface area (Å²) >= 11 is 0. The van der Waals surface area contributed by atoms with Gasteiger partial charge in [0.15, 0.2) is 0 Å². The lowest BCUT2D eigenvalue weighted by atomic mass is 9.89. The Balaban J connectivity index is 2.11. The SMILES string of the molecule is CCS(=O)c1ccccc1C1CCN(C(=O)OC)CC1. The van der Waals surface area contributed by atoms with Crippen LogP contribution in [0.1, 0.15) is 31.2 Å². The van der Waals surface area contributed by atoms with Crippen LogP contribution in [0.3, 0.4) is 0 Å². The van der Waals surface area contributed by atoms with Crippen LogP contribution in [-0.4, -0.2) is 41.2 Å². The van der Waals surface area contributed by atoms with Gasteiger partial charge in [0.05, 0.1) is 17.9 Å². The van der Waals surface area contributed by atoms with Crippen molar-refractivity contribution >= 4 is 16.9 Å². The molecule has 1 heterocycles. The molecule has 2 rings (SSSR count). The first-order chi connectivity index (χ1) is 9.67. The number of carbonyl (C=O) groups excluding carboxylic acids is 1. The number of hydrogen-bond donors (Lipinski definition) is 0. The zero-order chi connectivity index (χ0) is 14.5. The summed E-state index contributed by atoms with van der Waals surface area (Å²) in [6, 6.07) is 7.97. The Bertz CT molecular complexity index is 496. The molecule has 1 atom stereocenters. The van der Waals surface area contributed by atoms with Gasteiger partial charge in [-0.25, -0.2) is 4.79 Å². The molecule has 1 aromatic carbocycles. The molecule has 0 spiro atoms. The Hall–Kier alpha value is -1.36. The number of hydrogen-bond acceptors (Lipinski definition) is 3. The van der Waals surface area contributed by atoms with Crippen LogP contribution in [0.5, 0.6) is 0 Å². The number of amides is 1. The summed E-state index contributed by atoms with van der Waals surface area (Å²) in [6.07, 6.45) is 1.54. The molecule has 1 aliphatic rings. The number of likely N-dealkylation sites (tertiary alicyclic amines) is 1. The Morgan fingerprint density at radius 1 is 1.35 bits per heavy atom. The van der Waals surface area contributed by atoms with Gasteiger partial charge in [0, 0.05) is 23.7 Å². The van der Waals surface area contributed by atoms with Crippen molar-refractivity contribution in [2.45, 2.75) is 30.6 Å². The van der Waals surface area contributed by atoms with Crippen molar-refractivity contribution in [3.8, 4) is 0 Å². The first-order valence-corrected chi connectivity index (χ1v) is 8.29. The van der Waals surface area contributed by atoms with Crippen LogP contribution in [0, 0.1) is 0 Å². The first kappa shape index (κ1) is 15.0. The third-order valence-electron chi connectivity index (χ3n) is 3.79. The predicted octanol–water partition coefficient (Wildman–Crippen LogP) is 2.76. The lowest BCUT2D eigenvalue weighted by Crippen LogP contribution is -2.37. The molecule has 1 aliphatic heterocycles. The van der Waals surface area contributed by atoms with Crippen LogP contribution in [0.4, 0.5) is 4.79 Å². The summed E-state index contributed by atoms with van der Waals surface area (Å²) in [7, 11) is 0.483. The van der Waals surface area contributed by atoms with Gasteiger partial charge in [0.1, 0.15) is 0 Å². The quantitative estimate of drug-likeness (QED) is 0.861. The van der Waals surface area contributed by atoms with Gasteiger partial charge in [-0.15, -0.1) is 0 Å². The molecule has 1 unspecified atom stereocenters. The van der Waals surface area contributed by atoms with Crippen molar-refractivity contribution < 1.29 is 13.7 Å². The van der Waals surface area contributed by atoms with E-state index in [-0.39, 0.29) is 6.09 Å². The molecular formula is C15H21NO3S. The van der Waals surface area contributed by atoms with Gasteiger partial charge in [-0.05, 0) is 30.4 Å². The molecule has 0 aromatic heterocycles. The smallest absolute Gasteiger partial charge is 0.409 e. The van der Waals surface area contributed by atoms with Crippen LogP contribution in [0.2, 0.25) is 0 Å². The highest BCUT2D eigenvalue weighted by molar-refractivity contribution is 7.85. The van der Waals surface area contributed by atoms with E-state index in [1.807, 2.05) is 25.1 Å². The van der Waals surface area contributed by atoms with E-state index in [1.165, 1.54) is 12.7 Å². The molecule has 0 radical (unpaired) electrons. The first-order valence-electron chi connectivity index (χ1n) is 6.97. The van der Waals surface area contributed by atoms with Crippen molar-refractivity contribution in [3.63, 3.8) is 0 Å². The Labute approximate surface area is 122 Å². The van der Waals surface area contributed by atoms with Gasteiger partial charge < -0.3 is 9.64 Å². The van der Waals surface area contributed by atoms with Crippen molar-refractivity contribution in [2.75, 3.05) is 26.0 Å². The van der Waals surface area contributed by atoms with Gasteiger partial charge >= 0.3 is 6.09 Å². The van der Waals surface area contributed by atoms with Gasteiger partial charge in [-0.1, -0.05) is 25.1 Å². The molecule has 0 N–H and O–H groups in total. The molecule has 1 amide bonds. The standard InChI is InChI=1S/C15H21NO3S/c1-3-20(18)14-7-5-4-6-13(14)12-8-10-16(11-9-12)15(17)19-2/h4-7,12H,3,8-11H2,1-2H3. The van der Waals surface area contributed by atoms with Crippen LogP contribution >= 0.6 is 0 Å². The monoisotopic (exact) mass is 295 g/mol. The zero-order valence-corrected chi connectivity index (χ0v) is 12.8. The molecule has 1 aromatic rings. The summed E-state index contributed by atoms with van der Waals surface area (Å²) in [5, 5.41) is 0. The summed E-state index contributed by atoms with van der Waals surface area (Å²) < 4.78 is 16.9. The third kappa shape index (κ3) is 3.20. The van der Waals surface area contributed by atoms with Crippen molar-refractivity contribution in [1.29, 1.82) is 0 Å². The van der Waals surface area contributed by atoms with Crippen molar-refractivity contribution in [2.24, 2.45) is 0 Å². The van der Waals surface area contributed by atoms with E-state index in [9.17, 15) is 9.00 Å². The summed E-state index contributed by atoms with van der Waals surface area (Å²) in [5.41, 5.74) is 1.18. The molecule has 20 heavy (non-hydrogen) atoms. The van der Waals surface area contributed by atoms with E-state index in [0.717, 1.165) is 17.7 Å². The average Bonchev–Trinajstić information content (AvgIpc) is 2.53. The lowest BCUT2D eigenvalue weighted by Gasteiger charge is -2.31. The largest absolute Gasteiger partial charge is 0.453 e. The minimum absolute atomic E-state index is 0.256. The summed E-state index contributed by atoms with van der Waals surface area (Å²) in [4.78, 5) is 14.2. The lowest BCUT2D eigenvalue weighted by molar-refractivity contribution is 0.112. The number of rotatable bonds is 3. The zero-order valence-electron chi connectivity index (χ0n) is 12.0. The highest BCUT2D eigenvalue weighted by atomic mass is 32.2. The minimum Gasteiger partial charge on any atom is -0.453 e. The maximum atomic E-state index is 12.1. The predicted molar refractivity (Wildman–Crippen MR) is 79.3 cm³/mol. The number of methoxy groups -OCH3 is 1. The number of nitrogens with zero attached hydrogens (tertiary/aromatic N) is 1. The second kappa shape index (κ2) is 6.88. The second-order valence-corrected chi connectivity index (χ2v) is 6.61. The van der Waals surface area contributed by atoms with Crippen molar-refractivity contribution in [1.82, 2.24) is 4.90 Å². The number of piperidine rings is 1. The van der Waals surface area contributed by atoms with Gasteiger partial charge in [-0.3, -0.25) is 4.21 Å². The van der Waals surface area contributed by atoms with Gasteiger partial charge in [0.25, 0.3) is 0 Å². The van der Waals surface area contributed by atoms with E-state index in [4.69, 9.17) is 4.74 Å². The van der Waals surface area contributed by atoms with Crippen LogP contribution in [0.25, 0.3) is 0 Å². The van der Waals surface area contributed by atoms with Crippen molar-refractivity contribution in [3.05, 3.63) is 29.8 Å². The second-order valence-electron chi connectivity index (χ2n) is 4.90. The van der Waals surface area contributed by atoms with Gasteiger partial charge in [-0.2, -0.15) is 0 Å². The normalized spacial score (nSPS) is 17.8. The van der Waals surface area contributed by atoms with E-state index in [0.29, 0.717) is 24.8 Å². The topological polar surface area (TPSA) is 46.6 Å². The Kier molecular flexibility index (Phi) is 5.17. The van der Waals surface area contributed by atoms with Crippen LogP contribution in [0.15, 0.2) is 29.2 Å². The molecule has 0 aliphatic carbocycles. The number of carbonyl (C=O) groups is 1. The fourth-order valence-electron chi connectivity index (χ4n) is 2.68. The molecule has 0 saturated carbocycles. The van der Waals surface area contributed by atoms with E-state index < -0.39 is 10.8 Å². The van der Waals surface area contributed by atoms with Gasteiger partial charge in [0.2, 0.25) is 0 Å². The Morgan fingerprint density at radius 2 is 2.00 bits per heavy atom. The summed E-state index contributed by atoms with van der Waals surface area (Å²) in [6.45, 7) is 3.33. The van der Waals surface area contributed by atoms with Crippen LogP contribution in [-0.2, 0) is 15.5 Å². The summed E-state index contributed by atoms with van der Waals surface area (Å²) in [5.74, 6) is 1.01. The Morgan fingerprint density at radius 3 is 2.60 bits per heavy atom. The fraction of sp³-hybridized carbons (Fsp3) is 0.533. The maximum absolute atomic E-state index is 12.1. The van der Waals surface area contributed by atoms with E-state index in [2.05, 4.69) is 6.07 Å². The molecule has 5 heteroatoms.